The van der Waals surface area contributed by atoms with E-state index < -0.39 is 4.92 Å². The maximum absolute atomic E-state index is 10.5. The molecule has 16 heavy (non-hydrogen) atoms. The molecule has 0 saturated heterocycles. The summed E-state index contributed by atoms with van der Waals surface area (Å²) < 4.78 is 0.758. The topological polar surface area (TPSA) is 43.1 Å². The Balaban J connectivity index is 2.72. The van der Waals surface area contributed by atoms with Crippen LogP contribution < -0.4 is 0 Å². The molecular formula is C10H11BrClNO2S. The Morgan fingerprint density at radius 1 is 1.62 bits per heavy atom. The molecule has 0 saturated carbocycles. The monoisotopic (exact) mass is 323 g/mol. The summed E-state index contributed by atoms with van der Waals surface area (Å²) in [4.78, 5) is 11.1. The summed E-state index contributed by atoms with van der Waals surface area (Å²) in [7, 11) is 0. The summed E-state index contributed by atoms with van der Waals surface area (Å²) in [6.07, 6.45) is 0. The fourth-order valence-corrected chi connectivity index (χ4v) is 2.89. The van der Waals surface area contributed by atoms with E-state index in [0.29, 0.717) is 11.8 Å². The largest absolute Gasteiger partial charge is 0.270 e. The van der Waals surface area contributed by atoms with Gasteiger partial charge in [-0.05, 0) is 27.9 Å². The molecule has 6 heteroatoms. The fraction of sp³-hybridized carbons (Fsp3) is 0.400. The Hall–Kier alpha value is -0.260. The van der Waals surface area contributed by atoms with E-state index in [-0.39, 0.29) is 5.69 Å². The number of hydrogen-bond acceptors (Lipinski definition) is 3. The van der Waals surface area contributed by atoms with E-state index in [0.717, 1.165) is 15.1 Å². The second-order valence-electron chi connectivity index (χ2n) is 3.44. The quantitative estimate of drug-likeness (QED) is 0.350. The van der Waals surface area contributed by atoms with Gasteiger partial charge in [0, 0.05) is 33.1 Å². The molecule has 0 aliphatic rings. The van der Waals surface area contributed by atoms with Gasteiger partial charge in [-0.25, -0.2) is 0 Å². The average Bonchev–Trinajstić information content (AvgIpc) is 2.26. The van der Waals surface area contributed by atoms with Crippen molar-refractivity contribution < 1.29 is 4.92 Å². The van der Waals surface area contributed by atoms with Crippen molar-refractivity contribution in [1.82, 2.24) is 0 Å². The lowest BCUT2D eigenvalue weighted by Gasteiger charge is -2.07. The SMILES string of the molecule is CC(CCl)CSc1ccc([N+](=O)[O-])cc1Br. The molecule has 0 heterocycles. The number of thioether (sulfide) groups is 1. The molecule has 0 aromatic heterocycles. The van der Waals surface area contributed by atoms with E-state index in [2.05, 4.69) is 22.9 Å². The minimum Gasteiger partial charge on any atom is -0.258 e. The summed E-state index contributed by atoms with van der Waals surface area (Å²) >= 11 is 10.7. The Morgan fingerprint density at radius 2 is 2.31 bits per heavy atom. The van der Waals surface area contributed by atoms with Crippen molar-refractivity contribution in [2.24, 2.45) is 5.92 Å². The zero-order chi connectivity index (χ0) is 12.1. The second-order valence-corrected chi connectivity index (χ2v) is 5.67. The van der Waals surface area contributed by atoms with Crippen LogP contribution in [0, 0.1) is 16.0 Å². The van der Waals surface area contributed by atoms with Gasteiger partial charge < -0.3 is 0 Å². The van der Waals surface area contributed by atoms with Crippen molar-refractivity contribution in [3.05, 3.63) is 32.8 Å². The first-order valence-corrected chi connectivity index (χ1v) is 6.98. The first-order chi connectivity index (χ1) is 7.54. The highest BCUT2D eigenvalue weighted by atomic mass is 79.9. The van der Waals surface area contributed by atoms with Crippen molar-refractivity contribution in [1.29, 1.82) is 0 Å². The predicted octanol–water partition coefficient (Wildman–Crippen LogP) is 4.32. The number of benzene rings is 1. The highest BCUT2D eigenvalue weighted by molar-refractivity contribution is 9.10. The lowest BCUT2D eigenvalue weighted by Crippen LogP contribution is -1.99. The van der Waals surface area contributed by atoms with Gasteiger partial charge in [0.2, 0.25) is 0 Å². The molecule has 0 fully saturated rings. The van der Waals surface area contributed by atoms with Crippen LogP contribution in [0.5, 0.6) is 0 Å². The second kappa shape index (κ2) is 6.47. The van der Waals surface area contributed by atoms with E-state index in [1.807, 2.05) is 0 Å². The summed E-state index contributed by atoms with van der Waals surface area (Å²) in [5.74, 6) is 1.95. The molecule has 1 rings (SSSR count). The van der Waals surface area contributed by atoms with Gasteiger partial charge >= 0.3 is 0 Å². The number of rotatable bonds is 5. The van der Waals surface area contributed by atoms with Crippen molar-refractivity contribution in [2.75, 3.05) is 11.6 Å². The van der Waals surface area contributed by atoms with Gasteiger partial charge in [-0.3, -0.25) is 10.1 Å². The van der Waals surface area contributed by atoms with Crippen LogP contribution in [-0.4, -0.2) is 16.6 Å². The zero-order valence-electron chi connectivity index (χ0n) is 8.65. The van der Waals surface area contributed by atoms with Crippen LogP contribution in [0.2, 0.25) is 0 Å². The first kappa shape index (κ1) is 13.8. The van der Waals surface area contributed by atoms with Gasteiger partial charge in [0.15, 0.2) is 0 Å². The van der Waals surface area contributed by atoms with Crippen LogP contribution in [0.25, 0.3) is 0 Å². The van der Waals surface area contributed by atoms with Crippen LogP contribution >= 0.6 is 39.3 Å². The third kappa shape index (κ3) is 3.96. The van der Waals surface area contributed by atoms with Gasteiger partial charge in [0.25, 0.3) is 5.69 Å². The Bertz CT molecular complexity index is 389. The highest BCUT2D eigenvalue weighted by Crippen LogP contribution is 2.31. The Kier molecular flexibility index (Phi) is 5.58. The molecule has 0 N–H and O–H groups in total. The molecular weight excluding hydrogens is 314 g/mol. The van der Waals surface area contributed by atoms with Gasteiger partial charge in [-0.1, -0.05) is 6.92 Å². The maximum Gasteiger partial charge on any atom is 0.270 e. The summed E-state index contributed by atoms with van der Waals surface area (Å²) in [6, 6.07) is 4.79. The Morgan fingerprint density at radius 3 is 2.81 bits per heavy atom. The molecule has 0 radical (unpaired) electrons. The smallest absolute Gasteiger partial charge is 0.258 e. The third-order valence-electron chi connectivity index (χ3n) is 1.91. The standard InChI is InChI=1S/C10H11BrClNO2S/c1-7(5-12)6-16-10-3-2-8(13(14)15)4-9(10)11/h2-4,7H,5-6H2,1H3. The van der Waals surface area contributed by atoms with Gasteiger partial charge in [-0.2, -0.15) is 0 Å². The van der Waals surface area contributed by atoms with Crippen molar-refractivity contribution in [3.63, 3.8) is 0 Å². The highest BCUT2D eigenvalue weighted by Gasteiger charge is 2.10. The Labute approximate surface area is 112 Å². The third-order valence-corrected chi connectivity index (χ3v) is 4.76. The normalized spacial score (nSPS) is 12.4. The van der Waals surface area contributed by atoms with E-state index in [4.69, 9.17) is 11.6 Å². The molecule has 1 unspecified atom stereocenters. The summed E-state index contributed by atoms with van der Waals surface area (Å²) in [5.41, 5.74) is 0.0987. The van der Waals surface area contributed by atoms with Gasteiger partial charge in [0.1, 0.15) is 0 Å². The van der Waals surface area contributed by atoms with Gasteiger partial charge in [-0.15, -0.1) is 23.4 Å². The molecule has 1 atom stereocenters. The van der Waals surface area contributed by atoms with E-state index >= 15 is 0 Å². The number of nitro benzene ring substituents is 1. The summed E-state index contributed by atoms with van der Waals surface area (Å²) in [6.45, 7) is 2.07. The molecule has 1 aromatic rings. The minimum atomic E-state index is -0.402. The molecule has 1 aromatic carbocycles. The fourth-order valence-electron chi connectivity index (χ4n) is 0.997. The van der Waals surface area contributed by atoms with Crippen molar-refractivity contribution in [3.8, 4) is 0 Å². The number of alkyl halides is 1. The van der Waals surface area contributed by atoms with E-state index in [1.54, 1.807) is 17.8 Å². The average molecular weight is 325 g/mol. The van der Waals surface area contributed by atoms with Crippen molar-refractivity contribution >= 4 is 45.0 Å². The lowest BCUT2D eigenvalue weighted by atomic mass is 10.3. The van der Waals surface area contributed by atoms with E-state index in [1.165, 1.54) is 12.1 Å². The van der Waals surface area contributed by atoms with Crippen LogP contribution in [0.1, 0.15) is 6.92 Å². The number of nitrogens with zero attached hydrogens (tertiary/aromatic N) is 1. The molecule has 0 aliphatic heterocycles. The molecule has 88 valence electrons. The van der Waals surface area contributed by atoms with Gasteiger partial charge in [0.05, 0.1) is 4.92 Å². The van der Waals surface area contributed by atoms with Crippen LogP contribution in [0.3, 0.4) is 0 Å². The molecule has 0 bridgehead atoms. The summed E-state index contributed by atoms with van der Waals surface area (Å²) in [5, 5.41) is 10.5. The zero-order valence-corrected chi connectivity index (χ0v) is 11.8. The van der Waals surface area contributed by atoms with Crippen LogP contribution in [0.4, 0.5) is 5.69 Å². The number of non-ortho nitro benzene ring substituents is 1. The molecule has 0 aliphatic carbocycles. The number of nitro groups is 1. The number of halogens is 2. The predicted molar refractivity (Wildman–Crippen MR) is 71.4 cm³/mol. The van der Waals surface area contributed by atoms with Crippen LogP contribution in [0.15, 0.2) is 27.6 Å². The van der Waals surface area contributed by atoms with Crippen molar-refractivity contribution in [2.45, 2.75) is 11.8 Å². The number of hydrogen-bond donors (Lipinski definition) is 0. The molecule has 3 nitrogen and oxygen atoms in total. The first-order valence-electron chi connectivity index (χ1n) is 4.67. The maximum atomic E-state index is 10.5. The lowest BCUT2D eigenvalue weighted by molar-refractivity contribution is -0.385. The minimum absolute atomic E-state index is 0.0987. The molecule has 0 amide bonds. The van der Waals surface area contributed by atoms with E-state index in [9.17, 15) is 10.1 Å². The molecule has 0 spiro atoms. The van der Waals surface area contributed by atoms with Crippen LogP contribution in [-0.2, 0) is 0 Å².